The number of hydrogen-bond acceptors (Lipinski definition) is 4. The Kier molecular flexibility index (Phi) is 3.55. The molecule has 4 heteroatoms. The lowest BCUT2D eigenvalue weighted by Gasteiger charge is -1.96. The monoisotopic (exact) mass is 231 g/mol. The van der Waals surface area contributed by atoms with E-state index in [1.54, 1.807) is 6.92 Å². The number of benzene rings is 1. The number of ether oxygens (including phenoxy) is 1. The van der Waals surface area contributed by atoms with Gasteiger partial charge in [0.1, 0.15) is 6.26 Å². The largest absolute Gasteiger partial charge is 0.461 e. The summed E-state index contributed by atoms with van der Waals surface area (Å²) in [5, 5.41) is 0. The lowest BCUT2D eigenvalue weighted by molar-refractivity contribution is 0.0519. The van der Waals surface area contributed by atoms with Crippen LogP contribution in [0.25, 0.3) is 0 Å². The molecule has 0 spiro atoms. The molecular formula is C13H13NO3. The molecule has 2 rings (SSSR count). The van der Waals surface area contributed by atoms with E-state index in [0.717, 1.165) is 5.56 Å². The van der Waals surface area contributed by atoms with E-state index in [1.165, 1.54) is 6.26 Å². The Hall–Kier alpha value is -2.10. The number of hydrogen-bond donors (Lipinski definition) is 0. The van der Waals surface area contributed by atoms with E-state index >= 15 is 0 Å². The Bertz CT molecular complexity index is 490. The molecule has 0 amide bonds. The van der Waals surface area contributed by atoms with Crippen molar-refractivity contribution in [2.75, 3.05) is 6.61 Å². The molecule has 88 valence electrons. The summed E-state index contributed by atoms with van der Waals surface area (Å²) in [4.78, 5) is 15.4. The highest BCUT2D eigenvalue weighted by molar-refractivity contribution is 5.86. The molecule has 2 aromatic rings. The van der Waals surface area contributed by atoms with Gasteiger partial charge in [0.05, 0.1) is 6.61 Å². The predicted molar refractivity (Wildman–Crippen MR) is 61.7 cm³/mol. The molecule has 0 bridgehead atoms. The third-order valence-corrected chi connectivity index (χ3v) is 2.23. The quantitative estimate of drug-likeness (QED) is 0.758. The summed E-state index contributed by atoms with van der Waals surface area (Å²) in [6.45, 7) is 2.09. The zero-order valence-electron chi connectivity index (χ0n) is 9.55. The first kappa shape index (κ1) is 11.4. The number of oxazole rings is 1. The van der Waals surface area contributed by atoms with Gasteiger partial charge in [-0.15, -0.1) is 0 Å². The van der Waals surface area contributed by atoms with E-state index < -0.39 is 5.97 Å². The zero-order valence-corrected chi connectivity index (χ0v) is 9.55. The molecule has 1 aromatic carbocycles. The van der Waals surface area contributed by atoms with Gasteiger partial charge in [0, 0.05) is 6.42 Å². The third-order valence-electron chi connectivity index (χ3n) is 2.23. The van der Waals surface area contributed by atoms with E-state index in [1.807, 2.05) is 30.3 Å². The summed E-state index contributed by atoms with van der Waals surface area (Å²) >= 11 is 0. The topological polar surface area (TPSA) is 52.3 Å². The summed E-state index contributed by atoms with van der Waals surface area (Å²) in [5.74, 6) is 0.0646. The molecule has 17 heavy (non-hydrogen) atoms. The van der Waals surface area contributed by atoms with Crippen LogP contribution in [-0.2, 0) is 11.2 Å². The molecular weight excluding hydrogens is 218 g/mol. The van der Waals surface area contributed by atoms with Crippen LogP contribution in [0, 0.1) is 0 Å². The smallest absolute Gasteiger partial charge is 0.360 e. The second-order valence-corrected chi connectivity index (χ2v) is 3.51. The van der Waals surface area contributed by atoms with Crippen LogP contribution < -0.4 is 0 Å². The van der Waals surface area contributed by atoms with Gasteiger partial charge >= 0.3 is 5.97 Å². The van der Waals surface area contributed by atoms with Crippen LogP contribution in [0.4, 0.5) is 0 Å². The summed E-state index contributed by atoms with van der Waals surface area (Å²) in [5.41, 5.74) is 1.31. The van der Waals surface area contributed by atoms with E-state index in [0.29, 0.717) is 18.9 Å². The molecule has 0 aliphatic heterocycles. The van der Waals surface area contributed by atoms with Gasteiger partial charge in [-0.1, -0.05) is 30.3 Å². The second kappa shape index (κ2) is 5.30. The van der Waals surface area contributed by atoms with Gasteiger partial charge < -0.3 is 9.15 Å². The molecule has 4 nitrogen and oxygen atoms in total. The number of aromatic nitrogens is 1. The molecule has 0 saturated heterocycles. The van der Waals surface area contributed by atoms with Crippen molar-refractivity contribution < 1.29 is 13.9 Å². The van der Waals surface area contributed by atoms with Crippen LogP contribution in [0.5, 0.6) is 0 Å². The third kappa shape index (κ3) is 2.93. The van der Waals surface area contributed by atoms with Crippen LogP contribution in [0.2, 0.25) is 0 Å². The van der Waals surface area contributed by atoms with Crippen molar-refractivity contribution in [1.29, 1.82) is 0 Å². The van der Waals surface area contributed by atoms with Gasteiger partial charge in [-0.25, -0.2) is 9.78 Å². The highest BCUT2D eigenvalue weighted by Crippen LogP contribution is 2.10. The van der Waals surface area contributed by atoms with Crippen LogP contribution in [0.15, 0.2) is 41.0 Å². The summed E-state index contributed by atoms with van der Waals surface area (Å²) in [6, 6.07) is 9.81. The lowest BCUT2D eigenvalue weighted by Crippen LogP contribution is -2.05. The predicted octanol–water partition coefficient (Wildman–Crippen LogP) is 2.44. The first-order valence-corrected chi connectivity index (χ1v) is 5.45. The standard InChI is InChI=1S/C13H13NO3/c1-2-16-13(15)11-9-17-12(14-11)8-10-6-4-3-5-7-10/h3-7,9H,2,8H2,1H3. The first-order chi connectivity index (χ1) is 8.29. The average Bonchev–Trinajstić information content (AvgIpc) is 2.79. The van der Waals surface area contributed by atoms with E-state index in [9.17, 15) is 4.79 Å². The summed E-state index contributed by atoms with van der Waals surface area (Å²) < 4.78 is 10.1. The van der Waals surface area contributed by atoms with Gasteiger partial charge in [0.25, 0.3) is 0 Å². The molecule has 0 unspecified atom stereocenters. The van der Waals surface area contributed by atoms with Gasteiger partial charge in [0.2, 0.25) is 0 Å². The van der Waals surface area contributed by atoms with Crippen LogP contribution >= 0.6 is 0 Å². The van der Waals surface area contributed by atoms with Crippen LogP contribution in [0.3, 0.4) is 0 Å². The maximum absolute atomic E-state index is 11.4. The fourth-order valence-electron chi connectivity index (χ4n) is 1.46. The summed E-state index contributed by atoms with van der Waals surface area (Å²) in [6.07, 6.45) is 1.90. The van der Waals surface area contributed by atoms with E-state index in [-0.39, 0.29) is 5.69 Å². The average molecular weight is 231 g/mol. The van der Waals surface area contributed by atoms with Crippen molar-refractivity contribution in [1.82, 2.24) is 4.98 Å². The highest BCUT2D eigenvalue weighted by atomic mass is 16.5. The van der Waals surface area contributed by atoms with Crippen molar-refractivity contribution in [2.24, 2.45) is 0 Å². The Morgan fingerprint density at radius 1 is 1.35 bits per heavy atom. The van der Waals surface area contributed by atoms with Gasteiger partial charge in [0.15, 0.2) is 11.6 Å². The van der Waals surface area contributed by atoms with Crippen molar-refractivity contribution in [3.63, 3.8) is 0 Å². The van der Waals surface area contributed by atoms with Gasteiger partial charge in [-0.05, 0) is 12.5 Å². The minimum atomic E-state index is -0.449. The molecule has 0 aliphatic carbocycles. The lowest BCUT2D eigenvalue weighted by atomic mass is 10.1. The number of esters is 1. The molecule has 0 radical (unpaired) electrons. The summed E-state index contributed by atoms with van der Waals surface area (Å²) in [7, 11) is 0. The van der Waals surface area contributed by atoms with Crippen molar-refractivity contribution in [3.8, 4) is 0 Å². The van der Waals surface area contributed by atoms with Crippen LogP contribution in [0.1, 0.15) is 28.9 Å². The molecule has 0 atom stereocenters. The van der Waals surface area contributed by atoms with Gasteiger partial charge in [-0.3, -0.25) is 0 Å². The Labute approximate surface area is 99.2 Å². The van der Waals surface area contributed by atoms with E-state index in [2.05, 4.69) is 4.98 Å². The first-order valence-electron chi connectivity index (χ1n) is 5.45. The van der Waals surface area contributed by atoms with E-state index in [4.69, 9.17) is 9.15 Å². The number of nitrogens with zero attached hydrogens (tertiary/aromatic N) is 1. The molecule has 1 aromatic heterocycles. The minimum absolute atomic E-state index is 0.220. The maximum atomic E-state index is 11.4. The van der Waals surface area contributed by atoms with Gasteiger partial charge in [-0.2, -0.15) is 0 Å². The van der Waals surface area contributed by atoms with Crippen molar-refractivity contribution in [2.45, 2.75) is 13.3 Å². The molecule has 0 fully saturated rings. The highest BCUT2D eigenvalue weighted by Gasteiger charge is 2.12. The Balaban J connectivity index is 2.06. The zero-order chi connectivity index (χ0) is 12.1. The normalized spacial score (nSPS) is 10.2. The number of carbonyl (C=O) groups is 1. The second-order valence-electron chi connectivity index (χ2n) is 3.51. The van der Waals surface area contributed by atoms with Crippen LogP contribution in [-0.4, -0.2) is 17.6 Å². The SMILES string of the molecule is CCOC(=O)c1coc(Cc2ccccc2)n1. The number of rotatable bonds is 4. The fraction of sp³-hybridized carbons (Fsp3) is 0.231. The fourth-order valence-corrected chi connectivity index (χ4v) is 1.46. The molecule has 1 heterocycles. The Morgan fingerprint density at radius 3 is 2.82 bits per heavy atom. The van der Waals surface area contributed by atoms with Crippen molar-refractivity contribution in [3.05, 3.63) is 53.7 Å². The molecule has 0 N–H and O–H groups in total. The Morgan fingerprint density at radius 2 is 2.12 bits per heavy atom. The minimum Gasteiger partial charge on any atom is -0.461 e. The number of carbonyl (C=O) groups excluding carboxylic acids is 1. The molecule has 0 saturated carbocycles. The maximum Gasteiger partial charge on any atom is 0.360 e. The molecule has 0 aliphatic rings. The van der Waals surface area contributed by atoms with Crippen molar-refractivity contribution >= 4 is 5.97 Å².